The molecule has 0 rings (SSSR count). The molecule has 0 aromatic rings. The van der Waals surface area contributed by atoms with Gasteiger partial charge in [0.1, 0.15) is 8.31 Å². The van der Waals surface area contributed by atoms with Gasteiger partial charge in [0.25, 0.3) is 0 Å². The quantitative estimate of drug-likeness (QED) is 0.123. The summed E-state index contributed by atoms with van der Waals surface area (Å²) in [6.07, 6.45) is 0. The Bertz CT molecular complexity index is 1400. The van der Waals surface area contributed by atoms with Crippen LogP contribution in [0.3, 0.4) is 0 Å². The van der Waals surface area contributed by atoms with Gasteiger partial charge in [0.15, 0.2) is 7.11 Å². The fraction of sp³-hybridized carbons (Fsp3) is 1.00. The van der Waals surface area contributed by atoms with Crippen LogP contribution in [0.5, 0.6) is 0 Å². The molecule has 0 bridgehead atoms. The van der Waals surface area contributed by atoms with E-state index in [9.17, 15) is 71.4 Å². The molecule has 0 atom stereocenters. The minimum absolute atomic E-state index is 0.963. The molecule has 0 fully saturated rings. The van der Waals surface area contributed by atoms with Crippen molar-refractivity contribution in [3.05, 3.63) is 0 Å². The van der Waals surface area contributed by atoms with E-state index in [1.807, 2.05) is 0 Å². The van der Waals surface area contributed by atoms with Crippen molar-refractivity contribution in [3.63, 3.8) is 0 Å². The van der Waals surface area contributed by atoms with Crippen molar-refractivity contribution in [3.8, 4) is 0 Å². The second-order valence-electron chi connectivity index (χ2n) is 8.12. The molecular weight excluding hydrogens is 822 g/mol. The zero-order chi connectivity index (χ0) is 31.3. The van der Waals surface area contributed by atoms with E-state index in [1.165, 1.54) is 13.1 Å². The van der Waals surface area contributed by atoms with Gasteiger partial charge in [-0.15, -0.1) is 0 Å². The van der Waals surface area contributed by atoms with E-state index in [2.05, 4.69) is 0 Å². The molecule has 0 aliphatic carbocycles. The van der Waals surface area contributed by atoms with E-state index < -0.39 is 139 Å². The highest BCUT2D eigenvalue weighted by Crippen LogP contribution is 2.05. The summed E-state index contributed by atoms with van der Waals surface area (Å²) in [4.78, 5) is 0. The van der Waals surface area contributed by atoms with Gasteiger partial charge in [-0.05, 0) is 6.55 Å². The first-order valence-electron chi connectivity index (χ1n) is 10.0. The summed E-state index contributed by atoms with van der Waals surface area (Å²) in [5.74, 6) is 0. The van der Waals surface area contributed by atoms with Gasteiger partial charge < -0.3 is 71.4 Å². The van der Waals surface area contributed by atoms with E-state index in [1.54, 1.807) is 0 Å². The van der Waals surface area contributed by atoms with Gasteiger partial charge in [0.05, 0.1) is 0 Å². The maximum Gasteiger partial charge on any atom is 0.381 e. The summed E-state index contributed by atoms with van der Waals surface area (Å²) < 4.78 is 197. The minimum Gasteiger partial charge on any atom is -0.389 e. The molecule has 0 aliphatic heterocycles. The molecule has 16 nitrogen and oxygen atoms in total. The monoisotopic (exact) mass is 835 g/mol. The van der Waals surface area contributed by atoms with Gasteiger partial charge in [0.2, 0.25) is 0 Å². The summed E-state index contributed by atoms with van der Waals surface area (Å²) >= 11 is 0. The van der Waals surface area contributed by atoms with Crippen LogP contribution in [0.4, 0.5) is 0 Å². The van der Waals surface area contributed by atoms with Gasteiger partial charge in [-0.2, -0.15) is 0 Å². The molecule has 0 spiro atoms. The maximum absolute atomic E-state index is 13.0. The van der Waals surface area contributed by atoms with Crippen LogP contribution >= 0.6 is 0 Å². The van der Waals surface area contributed by atoms with Crippen LogP contribution in [-0.2, 0) is 71.4 Å². The average Bonchev–Trinajstić information content (AvgIpc) is 2.90. The van der Waals surface area contributed by atoms with Crippen LogP contribution in [0, 0.1) is 0 Å². The van der Waals surface area contributed by atoms with Gasteiger partial charge >= 0.3 is 124 Å². The van der Waals surface area contributed by atoms with Crippen LogP contribution in [-0.4, -0.2) is 139 Å². The Morgan fingerprint density at radius 2 is 0.513 bits per heavy atom. The number of hydrogen-bond acceptors (Lipinski definition) is 16. The first kappa shape index (κ1) is 39.7. The average molecular weight is 837 g/mol. The predicted molar refractivity (Wildman–Crippen MR) is 144 cm³/mol. The first-order chi connectivity index (χ1) is 17.5. The van der Waals surface area contributed by atoms with Crippen LogP contribution < -0.4 is 0 Å². The molecule has 0 aromatic heterocycles. The number of hydrogen-bond donors (Lipinski definition) is 0. The summed E-state index contributed by atoms with van der Waals surface area (Å²) in [5, 5.41) is 0. The second-order valence-corrected chi connectivity index (χ2v) is 102. The largest absolute Gasteiger partial charge is 0.389 e. The van der Waals surface area contributed by atoms with Crippen molar-refractivity contribution in [2.45, 2.75) is 32.7 Å². The van der Waals surface area contributed by atoms with Crippen molar-refractivity contribution in [1.29, 1.82) is 0 Å². The molecular formula is C5H15O16Si18. The molecule has 0 saturated carbocycles. The van der Waals surface area contributed by atoms with Crippen molar-refractivity contribution in [2.24, 2.45) is 0 Å². The summed E-state index contributed by atoms with van der Waals surface area (Å²) in [7, 11) is -64.7. The zero-order valence-electron chi connectivity index (χ0n) is 20.5. The molecule has 39 heavy (non-hydrogen) atoms. The van der Waals surface area contributed by atoms with E-state index in [0.717, 1.165) is 19.6 Å². The molecule has 0 N–H and O–H groups in total. The van der Waals surface area contributed by atoms with Gasteiger partial charge in [-0.25, -0.2) is 0 Å². The lowest BCUT2D eigenvalue weighted by Crippen LogP contribution is -2.64. The molecule has 0 unspecified atom stereocenters. The van der Waals surface area contributed by atoms with E-state index in [4.69, 9.17) is 0 Å². The van der Waals surface area contributed by atoms with E-state index in [0.29, 0.717) is 0 Å². The Morgan fingerprint density at radius 3 is 0.744 bits per heavy atom. The SMILES string of the molecule is C[Si](C)[Si](=O)[Si](=O)[Si](=O)[Si](=O)[Si](=O)[Si](=O)[Si](=O)[Si](=O)[Si](C)(C)[Si](=O)[Si](=O)[Si](=O)[Si](=O)[Si](=O)[Si](=O)[Si](=O)[Si](C)=O. The highest BCUT2D eigenvalue weighted by molar-refractivity contribution is 7.86. The third-order valence-corrected chi connectivity index (χ3v) is 151. The molecule has 0 aliphatic rings. The van der Waals surface area contributed by atoms with E-state index in [-0.39, 0.29) is 0 Å². The zero-order valence-corrected chi connectivity index (χ0v) is 38.5. The van der Waals surface area contributed by atoms with Crippen LogP contribution in [0.2, 0.25) is 32.7 Å². The van der Waals surface area contributed by atoms with Crippen LogP contribution in [0.15, 0.2) is 0 Å². The topological polar surface area (TPSA) is 273 Å². The second kappa shape index (κ2) is 16.5. The highest BCUT2D eigenvalue weighted by atomic mass is 30.1. The van der Waals surface area contributed by atoms with Gasteiger partial charge in [-0.1, -0.05) is 26.2 Å². The van der Waals surface area contributed by atoms with Crippen molar-refractivity contribution < 1.29 is 71.4 Å². The van der Waals surface area contributed by atoms with Crippen LogP contribution in [0.1, 0.15) is 0 Å². The Kier molecular flexibility index (Phi) is 16.8. The number of rotatable bonds is 17. The lowest BCUT2D eigenvalue weighted by Gasteiger charge is -2.12. The molecule has 0 amide bonds. The summed E-state index contributed by atoms with van der Waals surface area (Å²) in [6, 6.07) is 0. The molecule has 203 valence electrons. The van der Waals surface area contributed by atoms with Gasteiger partial charge in [-0.3, -0.25) is 0 Å². The lowest BCUT2D eigenvalue weighted by atomic mass is 11.9. The molecule has 1 radical (unpaired) electrons. The minimum atomic E-state index is -4.03. The van der Waals surface area contributed by atoms with Crippen molar-refractivity contribution in [2.75, 3.05) is 0 Å². The van der Waals surface area contributed by atoms with Gasteiger partial charge in [0, 0.05) is 0 Å². The van der Waals surface area contributed by atoms with Crippen molar-refractivity contribution >= 4 is 139 Å². The maximum atomic E-state index is 13.0. The Morgan fingerprint density at radius 1 is 0.308 bits per heavy atom. The summed E-state index contributed by atoms with van der Waals surface area (Å²) in [5.41, 5.74) is 0. The molecule has 34 heteroatoms. The highest BCUT2D eigenvalue weighted by Gasteiger charge is 2.58. The fourth-order valence-electron chi connectivity index (χ4n) is 2.19. The summed E-state index contributed by atoms with van der Waals surface area (Å²) in [6.45, 7) is 5.98. The lowest BCUT2D eigenvalue weighted by molar-refractivity contribution is 0.535. The van der Waals surface area contributed by atoms with Crippen molar-refractivity contribution in [1.82, 2.24) is 0 Å². The predicted octanol–water partition coefficient (Wildman–Crippen LogP) is -5.84. The van der Waals surface area contributed by atoms with Crippen LogP contribution in [0.25, 0.3) is 0 Å². The Balaban J connectivity index is 5.85. The Labute approximate surface area is 241 Å². The first-order valence-corrected chi connectivity index (χ1v) is 55.5. The molecule has 0 heterocycles. The normalized spacial score (nSPS) is 10.5. The Hall–Kier alpha value is 0.704. The standard InChI is InChI=1S/C5H15O16Si18/c1-22(2)24(7)26(9)28(11)30(13)32(15)34(17)36(19)38(21)39(4,5)37(20)35(18)33(16)31(14)29(12)27(10)25(8)23(3)6/h1-5H3. The fourth-order valence-corrected chi connectivity index (χ4v) is 215. The van der Waals surface area contributed by atoms with E-state index >= 15 is 0 Å². The molecule has 0 aromatic carbocycles. The third kappa shape index (κ3) is 9.86. The molecule has 0 saturated heterocycles. The smallest absolute Gasteiger partial charge is 0.381 e. The third-order valence-electron chi connectivity index (χ3n) is 4.59.